The summed E-state index contributed by atoms with van der Waals surface area (Å²) in [6, 6.07) is 8.70. The van der Waals surface area contributed by atoms with E-state index in [9.17, 15) is 8.42 Å². The fourth-order valence-corrected chi connectivity index (χ4v) is 4.68. The Morgan fingerprint density at radius 3 is 2.24 bits per heavy atom. The molecule has 3 rings (SSSR count). The largest absolute Gasteiger partial charge is 0.493 e. The van der Waals surface area contributed by atoms with Crippen LogP contribution in [-0.4, -0.2) is 45.0 Å². The number of piperidine rings is 1. The Labute approximate surface area is 148 Å². The summed E-state index contributed by atoms with van der Waals surface area (Å²) in [6.45, 7) is 1.01. The van der Waals surface area contributed by atoms with E-state index in [1.54, 1.807) is 28.8 Å². The van der Waals surface area contributed by atoms with Gasteiger partial charge in [-0.15, -0.1) is 0 Å². The van der Waals surface area contributed by atoms with Gasteiger partial charge in [-0.1, -0.05) is 0 Å². The van der Waals surface area contributed by atoms with Gasteiger partial charge in [-0.25, -0.2) is 8.42 Å². The summed E-state index contributed by atoms with van der Waals surface area (Å²) < 4.78 is 37.8. The molecule has 1 saturated heterocycles. The number of methoxy groups -OCH3 is 2. The molecule has 0 saturated carbocycles. The minimum Gasteiger partial charge on any atom is -0.493 e. The zero-order chi connectivity index (χ0) is 17.9. The van der Waals surface area contributed by atoms with Crippen LogP contribution in [0.1, 0.15) is 24.3 Å². The summed E-state index contributed by atoms with van der Waals surface area (Å²) in [5.41, 5.74) is 1.22. The number of benzene rings is 1. The molecule has 6 nitrogen and oxygen atoms in total. The van der Waals surface area contributed by atoms with Gasteiger partial charge in [0.2, 0.25) is 10.0 Å². The first-order chi connectivity index (χ1) is 12.1. The molecular formula is C18H22N2O4S. The Morgan fingerprint density at radius 2 is 1.64 bits per heavy atom. The fraction of sp³-hybridized carbons (Fsp3) is 0.389. The Bertz CT molecular complexity index is 816. The van der Waals surface area contributed by atoms with Gasteiger partial charge in [-0.3, -0.25) is 4.98 Å². The third-order valence-electron chi connectivity index (χ3n) is 4.62. The van der Waals surface area contributed by atoms with Gasteiger partial charge in [0, 0.05) is 31.5 Å². The van der Waals surface area contributed by atoms with Gasteiger partial charge in [0.1, 0.15) is 0 Å². The standard InChI is InChI=1S/C18H22N2O4S/c1-23-17-4-3-16(13-18(17)24-2)25(21,22)20-11-7-15(8-12-20)14-5-9-19-10-6-14/h3-6,9-10,13,15H,7-8,11-12H2,1-2H3. The SMILES string of the molecule is COc1ccc(S(=O)(=O)N2CCC(c3ccncc3)CC2)cc1OC. The van der Waals surface area contributed by atoms with Crippen LogP contribution in [-0.2, 0) is 10.0 Å². The highest BCUT2D eigenvalue weighted by molar-refractivity contribution is 7.89. The van der Waals surface area contributed by atoms with Gasteiger partial charge in [0.05, 0.1) is 19.1 Å². The molecule has 0 N–H and O–H groups in total. The fourth-order valence-electron chi connectivity index (χ4n) is 3.19. The Morgan fingerprint density at radius 1 is 1.00 bits per heavy atom. The van der Waals surface area contributed by atoms with E-state index in [0.29, 0.717) is 30.5 Å². The van der Waals surface area contributed by atoms with Crippen LogP contribution in [0, 0.1) is 0 Å². The van der Waals surface area contributed by atoms with Crippen molar-refractivity contribution in [1.29, 1.82) is 0 Å². The van der Waals surface area contributed by atoms with E-state index in [1.165, 1.54) is 25.8 Å². The Balaban J connectivity index is 1.76. The highest BCUT2D eigenvalue weighted by atomic mass is 32.2. The van der Waals surface area contributed by atoms with Crippen LogP contribution in [0.5, 0.6) is 11.5 Å². The minimum absolute atomic E-state index is 0.229. The molecule has 7 heteroatoms. The van der Waals surface area contributed by atoms with E-state index in [1.807, 2.05) is 12.1 Å². The summed E-state index contributed by atoms with van der Waals surface area (Å²) >= 11 is 0. The van der Waals surface area contributed by atoms with Crippen molar-refractivity contribution in [3.8, 4) is 11.5 Å². The number of sulfonamides is 1. The van der Waals surface area contributed by atoms with E-state index < -0.39 is 10.0 Å². The van der Waals surface area contributed by atoms with Crippen LogP contribution in [0.3, 0.4) is 0 Å². The van der Waals surface area contributed by atoms with Gasteiger partial charge in [-0.2, -0.15) is 4.31 Å². The molecule has 0 radical (unpaired) electrons. The number of pyridine rings is 1. The number of hydrogen-bond acceptors (Lipinski definition) is 5. The molecule has 1 aromatic carbocycles. The second kappa shape index (κ2) is 7.41. The van der Waals surface area contributed by atoms with Crippen LogP contribution >= 0.6 is 0 Å². The Hall–Kier alpha value is -2.12. The molecule has 1 aliphatic heterocycles. The van der Waals surface area contributed by atoms with E-state index in [0.717, 1.165) is 12.8 Å². The van der Waals surface area contributed by atoms with Crippen LogP contribution in [0.15, 0.2) is 47.6 Å². The molecule has 1 fully saturated rings. The van der Waals surface area contributed by atoms with Crippen LogP contribution in [0.25, 0.3) is 0 Å². The predicted octanol–water partition coefficient (Wildman–Crippen LogP) is 2.67. The van der Waals surface area contributed by atoms with Crippen LogP contribution < -0.4 is 9.47 Å². The van der Waals surface area contributed by atoms with E-state index in [-0.39, 0.29) is 4.90 Å². The number of hydrogen-bond donors (Lipinski definition) is 0. The number of ether oxygens (including phenoxy) is 2. The molecule has 0 amide bonds. The molecule has 0 aliphatic carbocycles. The zero-order valence-corrected chi connectivity index (χ0v) is 15.2. The summed E-state index contributed by atoms with van der Waals surface area (Å²) in [4.78, 5) is 4.27. The van der Waals surface area contributed by atoms with Crippen LogP contribution in [0.4, 0.5) is 0 Å². The van der Waals surface area contributed by atoms with Crippen molar-refractivity contribution < 1.29 is 17.9 Å². The van der Waals surface area contributed by atoms with Gasteiger partial charge in [-0.05, 0) is 48.6 Å². The summed E-state index contributed by atoms with van der Waals surface area (Å²) in [6.07, 6.45) is 5.16. The summed E-state index contributed by atoms with van der Waals surface area (Å²) in [5.74, 6) is 1.30. The molecule has 1 aromatic heterocycles. The minimum atomic E-state index is -3.54. The third-order valence-corrected chi connectivity index (χ3v) is 6.52. The summed E-state index contributed by atoms with van der Waals surface area (Å²) in [7, 11) is -0.522. The maximum atomic E-state index is 12.9. The smallest absolute Gasteiger partial charge is 0.243 e. The second-order valence-electron chi connectivity index (χ2n) is 5.98. The maximum absolute atomic E-state index is 12.9. The van der Waals surface area contributed by atoms with E-state index in [2.05, 4.69) is 4.98 Å². The third kappa shape index (κ3) is 3.62. The monoisotopic (exact) mass is 362 g/mol. The Kier molecular flexibility index (Phi) is 5.24. The first kappa shape index (κ1) is 17.7. The quantitative estimate of drug-likeness (QED) is 0.818. The number of rotatable bonds is 5. The lowest BCUT2D eigenvalue weighted by Gasteiger charge is -2.31. The van der Waals surface area contributed by atoms with Crippen molar-refractivity contribution in [1.82, 2.24) is 9.29 Å². The van der Waals surface area contributed by atoms with Crippen molar-refractivity contribution in [2.24, 2.45) is 0 Å². The van der Waals surface area contributed by atoms with E-state index >= 15 is 0 Å². The topological polar surface area (TPSA) is 68.7 Å². The van der Waals surface area contributed by atoms with Gasteiger partial charge in [0.25, 0.3) is 0 Å². The molecule has 2 heterocycles. The average molecular weight is 362 g/mol. The molecule has 2 aromatic rings. The maximum Gasteiger partial charge on any atom is 0.243 e. The van der Waals surface area contributed by atoms with Crippen molar-refractivity contribution in [2.75, 3.05) is 27.3 Å². The average Bonchev–Trinajstić information content (AvgIpc) is 2.68. The molecule has 134 valence electrons. The first-order valence-corrected chi connectivity index (χ1v) is 9.62. The van der Waals surface area contributed by atoms with Crippen molar-refractivity contribution in [2.45, 2.75) is 23.7 Å². The molecule has 0 atom stereocenters. The number of nitrogens with zero attached hydrogens (tertiary/aromatic N) is 2. The van der Waals surface area contributed by atoms with Gasteiger partial charge < -0.3 is 9.47 Å². The van der Waals surface area contributed by atoms with Crippen molar-refractivity contribution in [3.05, 3.63) is 48.3 Å². The lowest BCUT2D eigenvalue weighted by molar-refractivity contribution is 0.319. The normalized spacial score (nSPS) is 16.6. The summed E-state index contributed by atoms with van der Waals surface area (Å²) in [5, 5.41) is 0. The lowest BCUT2D eigenvalue weighted by atomic mass is 9.91. The van der Waals surface area contributed by atoms with Crippen LogP contribution in [0.2, 0.25) is 0 Å². The molecule has 0 bridgehead atoms. The molecule has 25 heavy (non-hydrogen) atoms. The predicted molar refractivity (Wildman–Crippen MR) is 94.5 cm³/mol. The van der Waals surface area contributed by atoms with Crippen molar-refractivity contribution in [3.63, 3.8) is 0 Å². The molecule has 0 unspecified atom stereocenters. The lowest BCUT2D eigenvalue weighted by Crippen LogP contribution is -2.37. The highest BCUT2D eigenvalue weighted by Gasteiger charge is 2.30. The van der Waals surface area contributed by atoms with Gasteiger partial charge in [0.15, 0.2) is 11.5 Å². The second-order valence-corrected chi connectivity index (χ2v) is 7.91. The zero-order valence-electron chi connectivity index (χ0n) is 14.4. The molecule has 1 aliphatic rings. The van der Waals surface area contributed by atoms with Gasteiger partial charge >= 0.3 is 0 Å². The highest BCUT2D eigenvalue weighted by Crippen LogP contribution is 2.33. The van der Waals surface area contributed by atoms with E-state index in [4.69, 9.17) is 9.47 Å². The molecule has 0 spiro atoms. The first-order valence-electron chi connectivity index (χ1n) is 8.18. The van der Waals surface area contributed by atoms with Crippen molar-refractivity contribution >= 4 is 10.0 Å². The number of aromatic nitrogens is 1. The molecular weight excluding hydrogens is 340 g/mol.